The summed E-state index contributed by atoms with van der Waals surface area (Å²) in [4.78, 5) is 4.14. The Morgan fingerprint density at radius 2 is 1.57 bits per heavy atom. The molecule has 6 N–H and O–H groups in total. The Balaban J connectivity index is 2.56. The van der Waals surface area contributed by atoms with Crippen molar-refractivity contribution >= 4 is 11.4 Å². The molecule has 0 radical (unpaired) electrons. The molecule has 1 aromatic carbocycles. The molecular formula is C17H22FN3O2. The Labute approximate surface area is 134 Å². The summed E-state index contributed by atoms with van der Waals surface area (Å²) < 4.78 is 14.4. The van der Waals surface area contributed by atoms with E-state index >= 15 is 0 Å². The quantitative estimate of drug-likeness (QED) is 0.651. The van der Waals surface area contributed by atoms with Crippen LogP contribution in [-0.2, 0) is 11.2 Å². The highest BCUT2D eigenvalue weighted by molar-refractivity contribution is 5.72. The minimum Gasteiger partial charge on any atom is -0.398 e. The molecule has 2 aromatic rings. The van der Waals surface area contributed by atoms with Crippen molar-refractivity contribution in [3.05, 3.63) is 41.5 Å². The Morgan fingerprint density at radius 3 is 2.04 bits per heavy atom. The number of rotatable bonds is 3. The van der Waals surface area contributed by atoms with Crippen molar-refractivity contribution in [1.82, 2.24) is 4.98 Å². The van der Waals surface area contributed by atoms with Gasteiger partial charge in [0.2, 0.25) is 0 Å². The van der Waals surface area contributed by atoms with Gasteiger partial charge in [0, 0.05) is 28.6 Å². The number of aliphatic hydroxyl groups is 2. The largest absolute Gasteiger partial charge is 0.398 e. The first-order valence-electron chi connectivity index (χ1n) is 7.22. The summed E-state index contributed by atoms with van der Waals surface area (Å²) in [5.41, 5.74) is 11.3. The van der Waals surface area contributed by atoms with Gasteiger partial charge in [-0.3, -0.25) is 4.98 Å². The number of anilines is 2. The maximum Gasteiger partial charge on any atom is 0.131 e. The van der Waals surface area contributed by atoms with Crippen LogP contribution in [-0.4, -0.2) is 15.2 Å². The number of nitrogens with two attached hydrogens (primary N) is 2. The molecule has 0 aliphatic heterocycles. The lowest BCUT2D eigenvalue weighted by Crippen LogP contribution is -2.20. The van der Waals surface area contributed by atoms with Crippen LogP contribution in [0.1, 0.15) is 39.0 Å². The van der Waals surface area contributed by atoms with Gasteiger partial charge < -0.3 is 21.7 Å². The zero-order valence-electron chi connectivity index (χ0n) is 13.7. The van der Waals surface area contributed by atoms with Gasteiger partial charge in [0.1, 0.15) is 11.4 Å². The second-order valence-corrected chi connectivity index (χ2v) is 6.70. The molecule has 124 valence electrons. The Bertz CT molecular complexity index is 747. The van der Waals surface area contributed by atoms with Crippen LogP contribution >= 0.6 is 0 Å². The van der Waals surface area contributed by atoms with Gasteiger partial charge in [-0.25, -0.2) is 4.39 Å². The lowest BCUT2D eigenvalue weighted by atomic mass is 9.93. The second-order valence-electron chi connectivity index (χ2n) is 6.70. The highest BCUT2D eigenvalue weighted by Gasteiger charge is 2.24. The second kappa shape index (κ2) is 5.47. The summed E-state index contributed by atoms with van der Waals surface area (Å²) in [6, 6.07) is 4.20. The summed E-state index contributed by atoms with van der Waals surface area (Å²) >= 11 is 0. The fourth-order valence-electron chi connectivity index (χ4n) is 2.48. The standard InChI is InChI=1S/C17H22FN3O2/c1-16(2,22)11-7-12(18)10(6-13(11)19)9-5-14(20)15(21-8-9)17(3,4)23/h5-8,22-23H,19-20H2,1-4H3. The van der Waals surface area contributed by atoms with Crippen molar-refractivity contribution in [2.75, 3.05) is 11.5 Å². The normalized spacial score (nSPS) is 12.5. The van der Waals surface area contributed by atoms with Crippen molar-refractivity contribution in [2.45, 2.75) is 38.9 Å². The third kappa shape index (κ3) is 3.43. The maximum absolute atomic E-state index is 14.4. The van der Waals surface area contributed by atoms with E-state index in [9.17, 15) is 14.6 Å². The topological polar surface area (TPSA) is 105 Å². The average Bonchev–Trinajstić information content (AvgIpc) is 2.38. The first-order chi connectivity index (χ1) is 10.4. The molecule has 0 bridgehead atoms. The smallest absolute Gasteiger partial charge is 0.131 e. The predicted molar refractivity (Wildman–Crippen MR) is 88.9 cm³/mol. The van der Waals surface area contributed by atoms with Gasteiger partial charge >= 0.3 is 0 Å². The lowest BCUT2D eigenvalue weighted by molar-refractivity contribution is 0.0747. The van der Waals surface area contributed by atoms with Gasteiger partial charge in [-0.1, -0.05) is 0 Å². The number of pyridine rings is 1. The number of benzene rings is 1. The van der Waals surface area contributed by atoms with E-state index in [2.05, 4.69) is 4.98 Å². The number of nitrogens with zero attached hydrogens (tertiary/aromatic N) is 1. The molecule has 0 atom stereocenters. The molecule has 6 heteroatoms. The van der Waals surface area contributed by atoms with E-state index < -0.39 is 17.0 Å². The molecule has 1 heterocycles. The summed E-state index contributed by atoms with van der Waals surface area (Å²) in [5.74, 6) is -0.534. The van der Waals surface area contributed by atoms with E-state index in [-0.39, 0.29) is 16.9 Å². The average molecular weight is 319 g/mol. The van der Waals surface area contributed by atoms with Gasteiger partial charge in [-0.15, -0.1) is 0 Å². The zero-order valence-corrected chi connectivity index (χ0v) is 13.7. The van der Waals surface area contributed by atoms with Gasteiger partial charge in [0.25, 0.3) is 0 Å². The van der Waals surface area contributed by atoms with E-state index in [1.165, 1.54) is 32.2 Å². The fraction of sp³-hybridized carbons (Fsp3) is 0.353. The van der Waals surface area contributed by atoms with Crippen LogP contribution in [0, 0.1) is 5.82 Å². The molecule has 5 nitrogen and oxygen atoms in total. The first kappa shape index (κ1) is 17.2. The van der Waals surface area contributed by atoms with Crippen LogP contribution in [0.3, 0.4) is 0 Å². The monoisotopic (exact) mass is 319 g/mol. The van der Waals surface area contributed by atoms with Crippen molar-refractivity contribution in [3.63, 3.8) is 0 Å². The number of nitrogen functional groups attached to an aromatic ring is 2. The molecule has 2 rings (SSSR count). The van der Waals surface area contributed by atoms with Gasteiger partial charge in [-0.2, -0.15) is 0 Å². The Hall–Kier alpha value is -2.18. The molecule has 1 aromatic heterocycles. The maximum atomic E-state index is 14.4. The summed E-state index contributed by atoms with van der Waals surface area (Å²) in [6.45, 7) is 6.22. The van der Waals surface area contributed by atoms with E-state index in [0.29, 0.717) is 16.8 Å². The van der Waals surface area contributed by atoms with Crippen molar-refractivity contribution in [2.24, 2.45) is 0 Å². The number of hydrogen-bond donors (Lipinski definition) is 4. The van der Waals surface area contributed by atoms with Crippen molar-refractivity contribution in [3.8, 4) is 11.1 Å². The summed E-state index contributed by atoms with van der Waals surface area (Å²) in [6.07, 6.45) is 1.44. The van der Waals surface area contributed by atoms with Gasteiger partial charge in [0.05, 0.1) is 17.0 Å². The SMILES string of the molecule is CC(C)(O)c1cc(F)c(-c2cnc(C(C)(C)O)c(N)c2)cc1N. The predicted octanol–water partition coefficient (Wildman–Crippen LogP) is 2.51. The molecule has 0 amide bonds. The molecule has 0 saturated heterocycles. The van der Waals surface area contributed by atoms with E-state index in [1.807, 2.05) is 0 Å². The highest BCUT2D eigenvalue weighted by atomic mass is 19.1. The molecule has 0 unspecified atom stereocenters. The van der Waals surface area contributed by atoms with Crippen molar-refractivity contribution in [1.29, 1.82) is 0 Å². The van der Waals surface area contributed by atoms with Gasteiger partial charge in [0.15, 0.2) is 0 Å². The zero-order chi connectivity index (χ0) is 17.6. The molecule has 0 fully saturated rings. The molecule has 0 spiro atoms. The Kier molecular flexibility index (Phi) is 4.09. The third-order valence-electron chi connectivity index (χ3n) is 3.61. The third-order valence-corrected chi connectivity index (χ3v) is 3.61. The highest BCUT2D eigenvalue weighted by Crippen LogP contribution is 2.34. The lowest BCUT2D eigenvalue weighted by Gasteiger charge is -2.22. The molecular weight excluding hydrogens is 297 g/mol. The number of aromatic nitrogens is 1. The molecule has 0 aliphatic carbocycles. The van der Waals surface area contributed by atoms with Crippen LogP contribution in [0.5, 0.6) is 0 Å². The van der Waals surface area contributed by atoms with Crippen LogP contribution in [0.25, 0.3) is 11.1 Å². The van der Waals surface area contributed by atoms with Crippen LogP contribution in [0.2, 0.25) is 0 Å². The molecule has 0 saturated carbocycles. The molecule has 0 aliphatic rings. The Morgan fingerprint density at radius 1 is 0.957 bits per heavy atom. The van der Waals surface area contributed by atoms with Crippen LogP contribution in [0.15, 0.2) is 24.4 Å². The minimum atomic E-state index is -1.24. The van der Waals surface area contributed by atoms with Crippen molar-refractivity contribution < 1.29 is 14.6 Å². The number of hydrogen-bond acceptors (Lipinski definition) is 5. The minimum absolute atomic E-state index is 0.233. The van der Waals surface area contributed by atoms with E-state index in [1.54, 1.807) is 19.9 Å². The van der Waals surface area contributed by atoms with E-state index in [4.69, 9.17) is 11.5 Å². The van der Waals surface area contributed by atoms with E-state index in [0.717, 1.165) is 0 Å². The fourth-order valence-corrected chi connectivity index (χ4v) is 2.48. The van der Waals surface area contributed by atoms with Crippen LogP contribution < -0.4 is 11.5 Å². The van der Waals surface area contributed by atoms with Crippen LogP contribution in [0.4, 0.5) is 15.8 Å². The summed E-state index contributed by atoms with van der Waals surface area (Å²) in [5, 5.41) is 20.0. The molecule has 23 heavy (non-hydrogen) atoms. The number of halogens is 1. The first-order valence-corrected chi connectivity index (χ1v) is 7.22. The van der Waals surface area contributed by atoms with Gasteiger partial charge in [-0.05, 0) is 45.9 Å². The summed E-state index contributed by atoms with van der Waals surface area (Å²) in [7, 11) is 0.